The maximum atomic E-state index is 11.7. The Labute approximate surface area is 147 Å². The maximum Gasteiger partial charge on any atom is 0.336 e. The highest BCUT2D eigenvalue weighted by molar-refractivity contribution is 9.10. The largest absolute Gasteiger partial charge is 0.497 e. The second-order valence-corrected chi connectivity index (χ2v) is 6.00. The molecule has 24 heavy (non-hydrogen) atoms. The highest BCUT2D eigenvalue weighted by Gasteiger charge is 2.16. The Balaban J connectivity index is 2.31. The normalized spacial score (nSPS) is 10.6. The molecule has 3 aromatic rings. The van der Waals surface area contributed by atoms with Gasteiger partial charge in [0.1, 0.15) is 11.5 Å². The van der Waals surface area contributed by atoms with Crippen LogP contribution in [0.1, 0.15) is 10.4 Å². The Morgan fingerprint density at radius 2 is 1.88 bits per heavy atom. The molecule has 0 spiro atoms. The minimum absolute atomic E-state index is 0.182. The van der Waals surface area contributed by atoms with Crippen LogP contribution in [0, 0.1) is 0 Å². The minimum Gasteiger partial charge on any atom is -0.497 e. The topological polar surface area (TPSA) is 68.7 Å². The van der Waals surface area contributed by atoms with Gasteiger partial charge in [-0.1, -0.05) is 15.9 Å². The van der Waals surface area contributed by atoms with E-state index in [1.54, 1.807) is 50.6 Å². The van der Waals surface area contributed by atoms with E-state index in [1.807, 2.05) is 6.07 Å². The van der Waals surface area contributed by atoms with E-state index in [-0.39, 0.29) is 5.56 Å². The molecule has 0 bridgehead atoms. The lowest BCUT2D eigenvalue weighted by Gasteiger charge is -2.12. The minimum atomic E-state index is -1.01. The van der Waals surface area contributed by atoms with Gasteiger partial charge in [0.2, 0.25) is 0 Å². The summed E-state index contributed by atoms with van der Waals surface area (Å²) in [7, 11) is 3.13. The van der Waals surface area contributed by atoms with Crippen LogP contribution in [0.3, 0.4) is 0 Å². The quantitative estimate of drug-likeness (QED) is 0.719. The molecule has 0 fully saturated rings. The van der Waals surface area contributed by atoms with Crippen LogP contribution in [0.5, 0.6) is 11.5 Å². The zero-order valence-corrected chi connectivity index (χ0v) is 14.6. The van der Waals surface area contributed by atoms with E-state index in [2.05, 4.69) is 20.9 Å². The Kier molecular flexibility index (Phi) is 4.40. The van der Waals surface area contributed by atoms with Crippen molar-refractivity contribution in [2.75, 3.05) is 14.2 Å². The number of methoxy groups -OCH3 is 2. The summed E-state index contributed by atoms with van der Waals surface area (Å²) in [5, 5.41) is 10.1. The average molecular weight is 388 g/mol. The van der Waals surface area contributed by atoms with Crippen LogP contribution in [-0.2, 0) is 0 Å². The average Bonchev–Trinajstić information content (AvgIpc) is 2.60. The first-order valence-corrected chi connectivity index (χ1v) is 7.89. The Hall–Kier alpha value is -2.60. The molecule has 1 aromatic heterocycles. The van der Waals surface area contributed by atoms with Crippen molar-refractivity contribution in [3.63, 3.8) is 0 Å². The number of fused-ring (bicyclic) bond motifs is 1. The molecule has 1 N–H and O–H groups in total. The fourth-order valence-corrected chi connectivity index (χ4v) is 2.89. The molecule has 2 aromatic carbocycles. The van der Waals surface area contributed by atoms with Gasteiger partial charge in [0.15, 0.2) is 0 Å². The van der Waals surface area contributed by atoms with Crippen LogP contribution in [0.15, 0.2) is 46.9 Å². The Morgan fingerprint density at radius 3 is 2.54 bits per heavy atom. The fourth-order valence-electron chi connectivity index (χ4n) is 2.53. The third-order valence-electron chi connectivity index (χ3n) is 3.68. The van der Waals surface area contributed by atoms with Gasteiger partial charge in [-0.15, -0.1) is 0 Å². The van der Waals surface area contributed by atoms with Gasteiger partial charge in [0, 0.05) is 15.4 Å². The molecule has 0 saturated heterocycles. The van der Waals surface area contributed by atoms with E-state index in [9.17, 15) is 9.90 Å². The first-order valence-electron chi connectivity index (χ1n) is 7.09. The van der Waals surface area contributed by atoms with Crippen molar-refractivity contribution in [2.45, 2.75) is 0 Å². The van der Waals surface area contributed by atoms with Crippen LogP contribution in [0.2, 0.25) is 0 Å². The van der Waals surface area contributed by atoms with Crippen LogP contribution in [0.25, 0.3) is 22.2 Å². The van der Waals surface area contributed by atoms with Crippen molar-refractivity contribution < 1.29 is 19.4 Å². The van der Waals surface area contributed by atoms with E-state index in [4.69, 9.17) is 9.47 Å². The number of nitrogens with zero attached hydrogens (tertiary/aromatic N) is 1. The molecule has 0 aliphatic rings. The van der Waals surface area contributed by atoms with Crippen LogP contribution >= 0.6 is 15.9 Å². The summed E-state index contributed by atoms with van der Waals surface area (Å²) in [6, 6.07) is 12.2. The summed E-state index contributed by atoms with van der Waals surface area (Å²) >= 11 is 3.36. The zero-order chi connectivity index (χ0) is 17.3. The molecule has 0 unspecified atom stereocenters. The molecule has 122 valence electrons. The Bertz CT molecular complexity index is 940. The summed E-state index contributed by atoms with van der Waals surface area (Å²) in [4.78, 5) is 16.3. The SMILES string of the molecule is COc1ccc(OC)c(-c2cc(C(=O)O)c3cc(Br)ccc3n2)c1. The van der Waals surface area contributed by atoms with Crippen molar-refractivity contribution in [3.05, 3.63) is 52.5 Å². The third kappa shape index (κ3) is 2.92. The van der Waals surface area contributed by atoms with Gasteiger partial charge in [0.05, 0.1) is 31.0 Å². The molecule has 0 amide bonds. The third-order valence-corrected chi connectivity index (χ3v) is 4.18. The molecule has 0 aliphatic heterocycles. The van der Waals surface area contributed by atoms with Gasteiger partial charge in [-0.25, -0.2) is 9.78 Å². The zero-order valence-electron chi connectivity index (χ0n) is 13.0. The molecule has 3 rings (SSSR count). The molecule has 0 aliphatic carbocycles. The number of aromatic nitrogens is 1. The van der Waals surface area contributed by atoms with E-state index in [0.29, 0.717) is 33.7 Å². The molecular formula is C18H14BrNO4. The molecule has 0 saturated carbocycles. The highest BCUT2D eigenvalue weighted by atomic mass is 79.9. The van der Waals surface area contributed by atoms with Gasteiger partial charge in [-0.2, -0.15) is 0 Å². The molecule has 6 heteroatoms. The van der Waals surface area contributed by atoms with Gasteiger partial charge in [0.25, 0.3) is 0 Å². The molecule has 5 nitrogen and oxygen atoms in total. The van der Waals surface area contributed by atoms with Crippen molar-refractivity contribution in [3.8, 4) is 22.8 Å². The van der Waals surface area contributed by atoms with Gasteiger partial charge in [-0.05, 0) is 42.5 Å². The second kappa shape index (κ2) is 6.49. The molecule has 0 radical (unpaired) electrons. The first-order chi connectivity index (χ1) is 11.5. The highest BCUT2D eigenvalue weighted by Crippen LogP contribution is 2.34. The first kappa shape index (κ1) is 16.3. The van der Waals surface area contributed by atoms with Crippen molar-refractivity contribution in [1.29, 1.82) is 0 Å². The molecule has 0 atom stereocenters. The van der Waals surface area contributed by atoms with Crippen molar-refractivity contribution in [2.24, 2.45) is 0 Å². The predicted molar refractivity (Wildman–Crippen MR) is 94.9 cm³/mol. The number of hydrogen-bond acceptors (Lipinski definition) is 4. The van der Waals surface area contributed by atoms with Crippen LogP contribution in [-0.4, -0.2) is 30.3 Å². The lowest BCUT2D eigenvalue weighted by Crippen LogP contribution is -2.01. The van der Waals surface area contributed by atoms with Crippen molar-refractivity contribution >= 4 is 32.8 Å². The van der Waals surface area contributed by atoms with Gasteiger partial charge >= 0.3 is 5.97 Å². The summed E-state index contributed by atoms with van der Waals surface area (Å²) < 4.78 is 11.4. The predicted octanol–water partition coefficient (Wildman–Crippen LogP) is 4.38. The number of halogens is 1. The fraction of sp³-hybridized carbons (Fsp3) is 0.111. The number of benzene rings is 2. The standard InChI is InChI=1S/C18H14BrNO4/c1-23-11-4-6-17(24-2)14(8-11)16-9-13(18(21)22)12-7-10(19)3-5-15(12)20-16/h3-9H,1-2H3,(H,21,22). The summed E-state index contributed by atoms with van der Waals surface area (Å²) in [5.74, 6) is 0.222. The summed E-state index contributed by atoms with van der Waals surface area (Å²) in [6.45, 7) is 0. The van der Waals surface area contributed by atoms with E-state index in [0.717, 1.165) is 4.47 Å². The number of pyridine rings is 1. The lowest BCUT2D eigenvalue weighted by molar-refractivity contribution is 0.0699. The number of aromatic carboxylic acids is 1. The number of hydrogen-bond donors (Lipinski definition) is 1. The monoisotopic (exact) mass is 387 g/mol. The maximum absolute atomic E-state index is 11.7. The van der Waals surface area contributed by atoms with E-state index >= 15 is 0 Å². The smallest absolute Gasteiger partial charge is 0.336 e. The second-order valence-electron chi connectivity index (χ2n) is 5.09. The number of ether oxygens (including phenoxy) is 2. The lowest BCUT2D eigenvalue weighted by atomic mass is 10.0. The molecule has 1 heterocycles. The summed E-state index contributed by atoms with van der Waals surface area (Å²) in [5.41, 5.74) is 1.96. The van der Waals surface area contributed by atoms with Gasteiger partial charge in [-0.3, -0.25) is 0 Å². The summed E-state index contributed by atoms with van der Waals surface area (Å²) in [6.07, 6.45) is 0. The Morgan fingerprint density at radius 1 is 1.08 bits per heavy atom. The molecular weight excluding hydrogens is 374 g/mol. The number of carboxylic acids is 1. The number of carbonyl (C=O) groups is 1. The number of rotatable bonds is 4. The van der Waals surface area contributed by atoms with E-state index in [1.165, 1.54) is 0 Å². The van der Waals surface area contributed by atoms with Crippen LogP contribution in [0.4, 0.5) is 0 Å². The van der Waals surface area contributed by atoms with Crippen LogP contribution < -0.4 is 9.47 Å². The van der Waals surface area contributed by atoms with E-state index < -0.39 is 5.97 Å². The van der Waals surface area contributed by atoms with Gasteiger partial charge < -0.3 is 14.6 Å². The van der Waals surface area contributed by atoms with Crippen molar-refractivity contribution in [1.82, 2.24) is 4.98 Å². The number of carboxylic acid groups (broad SMARTS) is 1.